The number of aryl methyl sites for hydroxylation is 3. The Hall–Kier alpha value is -2.61. The first kappa shape index (κ1) is 13.8. The summed E-state index contributed by atoms with van der Waals surface area (Å²) in [7, 11) is 0. The zero-order chi connectivity index (χ0) is 14.9. The molecule has 0 aliphatic rings. The monoisotopic (exact) mass is 268 g/mol. The van der Waals surface area contributed by atoms with E-state index in [1.165, 1.54) is 4.68 Å². The number of hydrogen-bond acceptors (Lipinski definition) is 4. The molecule has 2 aromatic rings. The highest BCUT2D eigenvalue weighted by Crippen LogP contribution is 2.31. The molecular weight excluding hydrogens is 252 g/mol. The van der Waals surface area contributed by atoms with Crippen LogP contribution in [0.4, 0.5) is 5.82 Å². The zero-order valence-electron chi connectivity index (χ0n) is 11.8. The molecule has 2 rings (SSSR count). The number of rotatable bonds is 3. The van der Waals surface area contributed by atoms with Gasteiger partial charge in [0.25, 0.3) is 0 Å². The van der Waals surface area contributed by atoms with Crippen LogP contribution in [-0.2, 0) is 6.54 Å². The van der Waals surface area contributed by atoms with Crippen LogP contribution in [0.2, 0.25) is 0 Å². The van der Waals surface area contributed by atoms with Crippen LogP contribution >= 0.6 is 0 Å². The van der Waals surface area contributed by atoms with E-state index in [-0.39, 0.29) is 12.4 Å². The molecule has 0 fully saturated rings. The number of aromatic nitrogens is 2. The molecule has 0 bridgehead atoms. The average molecular weight is 268 g/mol. The van der Waals surface area contributed by atoms with Gasteiger partial charge in [-0.1, -0.05) is 17.7 Å². The van der Waals surface area contributed by atoms with E-state index >= 15 is 0 Å². The molecule has 0 radical (unpaired) electrons. The fourth-order valence-electron chi connectivity index (χ4n) is 2.53. The molecule has 0 amide bonds. The normalized spacial score (nSPS) is 10.3. The van der Waals surface area contributed by atoms with Crippen molar-refractivity contribution < 1.29 is 4.79 Å². The van der Waals surface area contributed by atoms with E-state index in [0.717, 1.165) is 22.3 Å². The second-order valence-corrected chi connectivity index (χ2v) is 4.85. The summed E-state index contributed by atoms with van der Waals surface area (Å²) in [6.07, 6.45) is 0.699. The third kappa shape index (κ3) is 2.16. The predicted molar refractivity (Wildman–Crippen MR) is 77.3 cm³/mol. The second-order valence-electron chi connectivity index (χ2n) is 4.85. The summed E-state index contributed by atoms with van der Waals surface area (Å²) in [6, 6.07) is 6.06. The molecule has 1 heterocycles. The van der Waals surface area contributed by atoms with Crippen LogP contribution in [-0.4, -0.2) is 16.1 Å². The predicted octanol–water partition coefficient (Wildman–Crippen LogP) is 2.39. The molecule has 20 heavy (non-hydrogen) atoms. The maximum Gasteiger partial charge on any atom is 0.156 e. The van der Waals surface area contributed by atoms with Crippen molar-refractivity contribution in [3.63, 3.8) is 0 Å². The molecule has 0 saturated carbocycles. The summed E-state index contributed by atoms with van der Waals surface area (Å²) in [5.74, 6) is 0.232. The lowest BCUT2D eigenvalue weighted by Crippen LogP contribution is -2.03. The van der Waals surface area contributed by atoms with Gasteiger partial charge < -0.3 is 5.73 Å². The Kier molecular flexibility index (Phi) is 3.57. The molecule has 0 aliphatic heterocycles. The maximum atomic E-state index is 11.3. The van der Waals surface area contributed by atoms with E-state index in [4.69, 9.17) is 11.0 Å². The molecule has 0 unspecified atom stereocenters. The van der Waals surface area contributed by atoms with Crippen molar-refractivity contribution in [3.05, 3.63) is 34.4 Å². The van der Waals surface area contributed by atoms with Crippen LogP contribution in [0.3, 0.4) is 0 Å². The minimum Gasteiger partial charge on any atom is -0.383 e. The van der Waals surface area contributed by atoms with E-state index in [0.29, 0.717) is 17.5 Å². The van der Waals surface area contributed by atoms with Gasteiger partial charge in [-0.15, -0.1) is 0 Å². The van der Waals surface area contributed by atoms with Crippen molar-refractivity contribution in [1.29, 1.82) is 5.26 Å². The summed E-state index contributed by atoms with van der Waals surface area (Å²) in [6.45, 7) is 6.00. The van der Waals surface area contributed by atoms with Crippen LogP contribution in [0.15, 0.2) is 12.1 Å². The van der Waals surface area contributed by atoms with Crippen LogP contribution < -0.4 is 5.73 Å². The molecule has 5 heteroatoms. The third-order valence-electron chi connectivity index (χ3n) is 3.28. The Bertz CT molecular complexity index is 699. The van der Waals surface area contributed by atoms with Crippen molar-refractivity contribution in [2.75, 3.05) is 5.73 Å². The van der Waals surface area contributed by atoms with Crippen molar-refractivity contribution in [3.8, 4) is 17.3 Å². The molecule has 0 aliphatic carbocycles. The number of nitrogens with zero attached hydrogens (tertiary/aromatic N) is 3. The number of hydrogen-bond donors (Lipinski definition) is 1. The Balaban J connectivity index is 2.74. The first-order valence-corrected chi connectivity index (χ1v) is 6.26. The summed E-state index contributed by atoms with van der Waals surface area (Å²) in [5.41, 5.74) is 10.9. The van der Waals surface area contributed by atoms with Crippen LogP contribution in [0.25, 0.3) is 11.3 Å². The van der Waals surface area contributed by atoms with Gasteiger partial charge in [0.2, 0.25) is 0 Å². The molecule has 1 aromatic carbocycles. The Morgan fingerprint density at radius 1 is 1.35 bits per heavy atom. The SMILES string of the molecule is Cc1cc(C)c(-c2nn(CC#N)c(N)c2C=O)c(C)c1. The number of benzene rings is 1. The first-order chi connectivity index (χ1) is 9.49. The Labute approximate surface area is 117 Å². The van der Waals surface area contributed by atoms with Gasteiger partial charge in [-0.05, 0) is 31.9 Å². The number of nitrogens with two attached hydrogens (primary N) is 1. The summed E-state index contributed by atoms with van der Waals surface area (Å²) in [4.78, 5) is 11.3. The van der Waals surface area contributed by atoms with Crippen molar-refractivity contribution >= 4 is 12.1 Å². The number of aldehydes is 1. The molecule has 0 atom stereocenters. The van der Waals surface area contributed by atoms with Crippen molar-refractivity contribution in [2.24, 2.45) is 0 Å². The molecular formula is C15H16N4O. The lowest BCUT2D eigenvalue weighted by molar-refractivity contribution is 0.112. The largest absolute Gasteiger partial charge is 0.383 e. The molecule has 0 spiro atoms. The smallest absolute Gasteiger partial charge is 0.156 e. The summed E-state index contributed by atoms with van der Waals surface area (Å²) in [5, 5.41) is 13.1. The van der Waals surface area contributed by atoms with E-state index in [9.17, 15) is 4.79 Å². The minimum atomic E-state index is 0.0244. The standard InChI is InChI=1S/C15H16N4O/c1-9-6-10(2)13(11(3)7-9)14-12(8-20)15(17)19(18-14)5-4-16/h6-8H,5,17H2,1-3H3. The van der Waals surface area contributed by atoms with Crippen LogP contribution in [0.5, 0.6) is 0 Å². The highest BCUT2D eigenvalue weighted by atomic mass is 16.1. The van der Waals surface area contributed by atoms with E-state index in [1.54, 1.807) is 0 Å². The summed E-state index contributed by atoms with van der Waals surface area (Å²) < 4.78 is 1.36. The fraction of sp³-hybridized carbons (Fsp3) is 0.267. The molecule has 5 nitrogen and oxygen atoms in total. The Morgan fingerprint density at radius 2 is 1.95 bits per heavy atom. The van der Waals surface area contributed by atoms with Gasteiger partial charge in [-0.3, -0.25) is 4.79 Å². The summed E-state index contributed by atoms with van der Waals surface area (Å²) >= 11 is 0. The minimum absolute atomic E-state index is 0.0244. The number of nitriles is 1. The first-order valence-electron chi connectivity index (χ1n) is 6.26. The van der Waals surface area contributed by atoms with Gasteiger partial charge in [-0.25, -0.2) is 4.68 Å². The Morgan fingerprint density at radius 3 is 2.45 bits per heavy atom. The highest BCUT2D eigenvalue weighted by molar-refractivity contribution is 5.93. The third-order valence-corrected chi connectivity index (χ3v) is 3.28. The van der Waals surface area contributed by atoms with Crippen molar-refractivity contribution in [2.45, 2.75) is 27.3 Å². The van der Waals surface area contributed by atoms with Gasteiger partial charge in [0.15, 0.2) is 6.29 Å². The molecule has 0 saturated heterocycles. The number of anilines is 1. The van der Waals surface area contributed by atoms with Gasteiger partial charge in [0.1, 0.15) is 18.1 Å². The van der Waals surface area contributed by atoms with Crippen LogP contribution in [0.1, 0.15) is 27.0 Å². The molecule has 102 valence electrons. The highest BCUT2D eigenvalue weighted by Gasteiger charge is 2.19. The van der Waals surface area contributed by atoms with Gasteiger partial charge in [0, 0.05) is 5.56 Å². The van der Waals surface area contributed by atoms with Gasteiger partial charge >= 0.3 is 0 Å². The average Bonchev–Trinajstić information content (AvgIpc) is 2.65. The topological polar surface area (TPSA) is 84.7 Å². The van der Waals surface area contributed by atoms with Crippen LogP contribution in [0, 0.1) is 32.1 Å². The molecule has 2 N–H and O–H groups in total. The van der Waals surface area contributed by atoms with E-state index in [2.05, 4.69) is 5.10 Å². The number of nitrogen functional groups attached to an aromatic ring is 1. The van der Waals surface area contributed by atoms with E-state index < -0.39 is 0 Å². The zero-order valence-corrected chi connectivity index (χ0v) is 11.8. The quantitative estimate of drug-likeness (QED) is 0.866. The molecule has 1 aromatic heterocycles. The fourth-order valence-corrected chi connectivity index (χ4v) is 2.53. The lowest BCUT2D eigenvalue weighted by atomic mass is 9.95. The number of carbonyl (C=O) groups excluding carboxylic acids is 1. The maximum absolute atomic E-state index is 11.3. The van der Waals surface area contributed by atoms with Gasteiger partial charge in [-0.2, -0.15) is 10.4 Å². The van der Waals surface area contributed by atoms with E-state index in [1.807, 2.05) is 39.0 Å². The van der Waals surface area contributed by atoms with Gasteiger partial charge in [0.05, 0.1) is 11.6 Å². The lowest BCUT2D eigenvalue weighted by Gasteiger charge is -2.09. The second kappa shape index (κ2) is 5.17. The van der Waals surface area contributed by atoms with Crippen molar-refractivity contribution in [1.82, 2.24) is 9.78 Å². The number of carbonyl (C=O) groups is 1.